The summed E-state index contributed by atoms with van der Waals surface area (Å²) in [5, 5.41) is 16.7. The molecule has 0 spiro atoms. The van der Waals surface area contributed by atoms with Crippen LogP contribution in [0.4, 0.5) is 20.5 Å². The number of alkyl halides is 2. The van der Waals surface area contributed by atoms with Crippen molar-refractivity contribution in [2.75, 3.05) is 49.6 Å². The first-order valence-corrected chi connectivity index (χ1v) is 13.6. The number of morpholine rings is 1. The van der Waals surface area contributed by atoms with E-state index >= 15 is 0 Å². The van der Waals surface area contributed by atoms with Gasteiger partial charge in [-0.25, -0.2) is 13.8 Å². The average molecular weight is 530 g/mol. The monoisotopic (exact) mass is 529 g/mol. The Morgan fingerprint density at radius 2 is 1.79 bits per heavy atom. The molecule has 0 amide bonds. The molecule has 0 radical (unpaired) electrons. The second kappa shape index (κ2) is 12.3. The number of aliphatic hydroxyl groups excluding tert-OH is 1. The number of aromatic nitrogens is 4. The van der Waals surface area contributed by atoms with Crippen molar-refractivity contribution in [3.8, 4) is 5.82 Å². The van der Waals surface area contributed by atoms with Gasteiger partial charge in [0.25, 0.3) is 6.43 Å². The Balaban J connectivity index is 1.36. The fourth-order valence-electron chi connectivity index (χ4n) is 5.26. The van der Waals surface area contributed by atoms with Gasteiger partial charge in [-0.3, -0.25) is 4.57 Å². The number of ether oxygens (including phenoxy) is 1. The first kappa shape index (κ1) is 26.7. The molecular weight excluding hydrogens is 492 g/mol. The van der Waals surface area contributed by atoms with Gasteiger partial charge in [0.2, 0.25) is 5.95 Å². The predicted molar refractivity (Wildman–Crippen MR) is 143 cm³/mol. The van der Waals surface area contributed by atoms with Crippen molar-refractivity contribution in [2.24, 2.45) is 5.92 Å². The molecule has 9 nitrogen and oxygen atoms in total. The van der Waals surface area contributed by atoms with Crippen molar-refractivity contribution in [1.29, 1.82) is 0 Å². The van der Waals surface area contributed by atoms with E-state index in [-0.39, 0.29) is 11.9 Å². The SMILES string of the molecule is CCC(O)CNC1CCC(CNc2nc(N3CCOCC3)cc(-n3c(C(F)F)nc4ccccc43)n2)CC1. The lowest BCUT2D eigenvalue weighted by atomic mass is 9.86. The number of nitrogens with one attached hydrogen (secondary N) is 2. The van der Waals surface area contributed by atoms with Crippen molar-refractivity contribution < 1.29 is 18.6 Å². The van der Waals surface area contributed by atoms with E-state index in [1.54, 1.807) is 24.3 Å². The van der Waals surface area contributed by atoms with Gasteiger partial charge < -0.3 is 25.4 Å². The molecule has 2 aromatic heterocycles. The minimum atomic E-state index is -2.75. The molecule has 1 unspecified atom stereocenters. The first-order valence-electron chi connectivity index (χ1n) is 13.6. The highest BCUT2D eigenvalue weighted by atomic mass is 19.3. The number of hydrogen-bond acceptors (Lipinski definition) is 8. The molecule has 2 fully saturated rings. The summed E-state index contributed by atoms with van der Waals surface area (Å²) in [5.41, 5.74) is 1.08. The number of nitrogens with zero attached hydrogens (tertiary/aromatic N) is 5. The summed E-state index contributed by atoms with van der Waals surface area (Å²) in [4.78, 5) is 15.8. The lowest BCUT2D eigenvalue weighted by Crippen LogP contribution is -2.38. The van der Waals surface area contributed by atoms with Gasteiger partial charge in [-0.05, 0) is 50.2 Å². The highest BCUT2D eigenvalue weighted by Gasteiger charge is 2.25. The van der Waals surface area contributed by atoms with E-state index in [2.05, 4.69) is 20.5 Å². The van der Waals surface area contributed by atoms with Gasteiger partial charge in [-0.1, -0.05) is 19.1 Å². The maximum Gasteiger partial charge on any atom is 0.296 e. The fourth-order valence-corrected chi connectivity index (χ4v) is 5.26. The molecular formula is C27H37F2N7O2. The molecule has 206 valence electrons. The van der Waals surface area contributed by atoms with Crippen LogP contribution in [-0.2, 0) is 4.74 Å². The second-order valence-corrected chi connectivity index (χ2v) is 10.2. The zero-order valence-corrected chi connectivity index (χ0v) is 21.8. The number of benzene rings is 1. The van der Waals surface area contributed by atoms with Crippen LogP contribution in [0.2, 0.25) is 0 Å². The lowest BCUT2D eigenvalue weighted by molar-refractivity contribution is 0.122. The zero-order chi connectivity index (χ0) is 26.5. The third-order valence-corrected chi connectivity index (χ3v) is 7.55. The lowest BCUT2D eigenvalue weighted by Gasteiger charge is -2.30. The Kier molecular flexibility index (Phi) is 8.65. The molecule has 1 saturated carbocycles. The van der Waals surface area contributed by atoms with E-state index in [1.165, 1.54) is 4.57 Å². The van der Waals surface area contributed by atoms with E-state index in [4.69, 9.17) is 14.7 Å². The zero-order valence-electron chi connectivity index (χ0n) is 21.8. The minimum Gasteiger partial charge on any atom is -0.392 e. The molecule has 1 aromatic carbocycles. The smallest absolute Gasteiger partial charge is 0.296 e. The topological polar surface area (TPSA) is 100 Å². The molecule has 1 aliphatic carbocycles. The summed E-state index contributed by atoms with van der Waals surface area (Å²) >= 11 is 0. The molecule has 3 N–H and O–H groups in total. The normalized spacial score (nSPS) is 21.2. The number of hydrogen-bond donors (Lipinski definition) is 3. The third kappa shape index (κ3) is 6.22. The van der Waals surface area contributed by atoms with Gasteiger partial charge in [-0.15, -0.1) is 0 Å². The van der Waals surface area contributed by atoms with Crippen molar-refractivity contribution in [1.82, 2.24) is 24.8 Å². The summed E-state index contributed by atoms with van der Waals surface area (Å²) in [7, 11) is 0. The van der Waals surface area contributed by atoms with Crippen LogP contribution in [0.25, 0.3) is 16.9 Å². The number of para-hydroxylation sites is 2. The van der Waals surface area contributed by atoms with Gasteiger partial charge in [0.05, 0.1) is 30.4 Å². The standard InChI is InChI=1S/C27H37F2N7O2/c1-2-20(37)17-30-19-9-7-18(8-10-19)16-31-27-33-23(35-11-13-38-14-12-35)15-24(34-27)36-22-6-4-3-5-21(22)32-26(36)25(28)29/h3-6,15,18-20,25,30,37H,2,7-14,16-17H2,1H3,(H,31,33,34). The Morgan fingerprint density at radius 1 is 1.05 bits per heavy atom. The van der Waals surface area contributed by atoms with Crippen LogP contribution >= 0.6 is 0 Å². The Hall–Kier alpha value is -2.89. The minimum absolute atomic E-state index is 0.294. The van der Waals surface area contributed by atoms with Gasteiger partial charge in [-0.2, -0.15) is 9.97 Å². The summed E-state index contributed by atoms with van der Waals surface area (Å²) in [6.07, 6.45) is 1.95. The summed E-state index contributed by atoms with van der Waals surface area (Å²) in [5.74, 6) is 1.61. The summed E-state index contributed by atoms with van der Waals surface area (Å²) in [6.45, 7) is 5.86. The Morgan fingerprint density at radius 3 is 2.53 bits per heavy atom. The van der Waals surface area contributed by atoms with E-state index < -0.39 is 6.43 Å². The molecule has 0 bridgehead atoms. The number of anilines is 2. The van der Waals surface area contributed by atoms with Crippen LogP contribution in [-0.4, -0.2) is 76.2 Å². The molecule has 38 heavy (non-hydrogen) atoms. The van der Waals surface area contributed by atoms with Crippen LogP contribution in [0.15, 0.2) is 30.3 Å². The largest absolute Gasteiger partial charge is 0.392 e. The van der Waals surface area contributed by atoms with Crippen LogP contribution in [0.5, 0.6) is 0 Å². The van der Waals surface area contributed by atoms with Gasteiger partial charge >= 0.3 is 0 Å². The molecule has 1 atom stereocenters. The number of aliphatic hydroxyl groups is 1. The van der Waals surface area contributed by atoms with Crippen LogP contribution in [0.3, 0.4) is 0 Å². The van der Waals surface area contributed by atoms with E-state index in [0.29, 0.717) is 80.0 Å². The maximum atomic E-state index is 14.1. The molecule has 1 aliphatic heterocycles. The number of rotatable bonds is 10. The highest BCUT2D eigenvalue weighted by Crippen LogP contribution is 2.30. The second-order valence-electron chi connectivity index (χ2n) is 10.2. The molecule has 1 saturated heterocycles. The summed E-state index contributed by atoms with van der Waals surface area (Å²) in [6, 6.07) is 9.31. The fraction of sp³-hybridized carbons (Fsp3) is 0.593. The Labute approximate surface area is 221 Å². The van der Waals surface area contributed by atoms with Crippen LogP contribution in [0, 0.1) is 5.92 Å². The van der Waals surface area contributed by atoms with Crippen LogP contribution < -0.4 is 15.5 Å². The number of halogens is 2. The van der Waals surface area contributed by atoms with E-state index in [9.17, 15) is 13.9 Å². The highest BCUT2D eigenvalue weighted by molar-refractivity contribution is 5.78. The van der Waals surface area contributed by atoms with Crippen molar-refractivity contribution >= 4 is 22.8 Å². The van der Waals surface area contributed by atoms with Crippen molar-refractivity contribution in [2.45, 2.75) is 57.6 Å². The van der Waals surface area contributed by atoms with Gasteiger partial charge in [0.1, 0.15) is 11.6 Å². The Bertz CT molecular complexity index is 1190. The van der Waals surface area contributed by atoms with E-state index in [0.717, 1.165) is 32.1 Å². The maximum absolute atomic E-state index is 14.1. The number of imidazole rings is 1. The summed E-state index contributed by atoms with van der Waals surface area (Å²) < 4.78 is 35.1. The van der Waals surface area contributed by atoms with Crippen LogP contribution in [0.1, 0.15) is 51.3 Å². The first-order chi connectivity index (χ1) is 18.5. The number of fused-ring (bicyclic) bond motifs is 1. The van der Waals surface area contributed by atoms with E-state index in [1.807, 2.05) is 13.0 Å². The van der Waals surface area contributed by atoms with Gasteiger partial charge in [0.15, 0.2) is 5.82 Å². The molecule has 3 heterocycles. The predicted octanol–water partition coefficient (Wildman–Crippen LogP) is 3.92. The molecule has 3 aromatic rings. The average Bonchev–Trinajstić information content (AvgIpc) is 3.36. The quantitative estimate of drug-likeness (QED) is 0.364. The van der Waals surface area contributed by atoms with Crippen molar-refractivity contribution in [3.63, 3.8) is 0 Å². The van der Waals surface area contributed by atoms with Gasteiger partial charge in [0, 0.05) is 38.3 Å². The molecule has 11 heteroatoms. The van der Waals surface area contributed by atoms with Crippen molar-refractivity contribution in [3.05, 3.63) is 36.2 Å². The third-order valence-electron chi connectivity index (χ3n) is 7.55. The molecule has 2 aliphatic rings. The molecule has 5 rings (SSSR count).